The Hall–Kier alpha value is -1.77. The summed E-state index contributed by atoms with van der Waals surface area (Å²) in [5.74, 6) is 1.14. The Kier molecular flexibility index (Phi) is 2.69. The molecule has 2 rings (SSSR count). The van der Waals surface area contributed by atoms with E-state index in [1.165, 1.54) is 5.56 Å². The third-order valence-corrected chi connectivity index (χ3v) is 2.75. The van der Waals surface area contributed by atoms with Gasteiger partial charge in [0, 0.05) is 19.7 Å². The summed E-state index contributed by atoms with van der Waals surface area (Å²) in [5, 5.41) is 4.58. The fraction of sp³-hybridized carbons (Fsp3) is 0.308. The SMILES string of the molecule is Cc1nn(-c2ccccc2)c(N(C)C)c1C. The molecular weight excluding hydrogens is 198 g/mol. The van der Waals surface area contributed by atoms with Gasteiger partial charge < -0.3 is 4.90 Å². The number of aromatic nitrogens is 2. The molecule has 0 unspecified atom stereocenters. The molecule has 1 aromatic carbocycles. The Morgan fingerprint density at radius 3 is 2.25 bits per heavy atom. The van der Waals surface area contributed by atoms with Crippen LogP contribution in [0.3, 0.4) is 0 Å². The van der Waals surface area contributed by atoms with E-state index in [9.17, 15) is 0 Å². The molecule has 0 spiro atoms. The minimum absolute atomic E-state index is 1.08. The third-order valence-electron chi connectivity index (χ3n) is 2.75. The molecule has 84 valence electrons. The second kappa shape index (κ2) is 4.00. The molecule has 3 heteroatoms. The molecular formula is C13H17N3. The minimum atomic E-state index is 1.08. The summed E-state index contributed by atoms with van der Waals surface area (Å²) in [6, 6.07) is 10.2. The molecule has 0 N–H and O–H groups in total. The van der Waals surface area contributed by atoms with Gasteiger partial charge in [-0.25, -0.2) is 4.68 Å². The first-order valence-electron chi connectivity index (χ1n) is 5.40. The highest BCUT2D eigenvalue weighted by Gasteiger charge is 2.13. The number of hydrogen-bond acceptors (Lipinski definition) is 2. The van der Waals surface area contributed by atoms with Crippen molar-refractivity contribution in [3.63, 3.8) is 0 Å². The second-order valence-electron chi connectivity index (χ2n) is 4.18. The lowest BCUT2D eigenvalue weighted by Gasteiger charge is -2.16. The van der Waals surface area contributed by atoms with Crippen LogP contribution in [0.4, 0.5) is 5.82 Å². The van der Waals surface area contributed by atoms with Gasteiger partial charge in [0.25, 0.3) is 0 Å². The van der Waals surface area contributed by atoms with Gasteiger partial charge in [0.2, 0.25) is 0 Å². The molecule has 1 aromatic heterocycles. The second-order valence-corrected chi connectivity index (χ2v) is 4.18. The molecule has 0 radical (unpaired) electrons. The van der Waals surface area contributed by atoms with E-state index >= 15 is 0 Å². The Morgan fingerprint density at radius 2 is 1.69 bits per heavy atom. The van der Waals surface area contributed by atoms with Crippen LogP contribution < -0.4 is 4.90 Å². The van der Waals surface area contributed by atoms with Crippen molar-refractivity contribution in [2.45, 2.75) is 13.8 Å². The largest absolute Gasteiger partial charge is 0.362 e. The summed E-state index contributed by atoms with van der Waals surface area (Å²) in [5.41, 5.74) is 3.41. The smallest absolute Gasteiger partial charge is 0.135 e. The number of benzene rings is 1. The fourth-order valence-corrected chi connectivity index (χ4v) is 1.87. The number of anilines is 1. The zero-order valence-electron chi connectivity index (χ0n) is 10.2. The van der Waals surface area contributed by atoms with Crippen LogP contribution in [0, 0.1) is 13.8 Å². The monoisotopic (exact) mass is 215 g/mol. The van der Waals surface area contributed by atoms with E-state index in [2.05, 4.69) is 29.1 Å². The van der Waals surface area contributed by atoms with E-state index < -0.39 is 0 Å². The van der Waals surface area contributed by atoms with Gasteiger partial charge in [-0.05, 0) is 26.0 Å². The Balaban J connectivity index is 2.62. The van der Waals surface area contributed by atoms with E-state index in [0.717, 1.165) is 17.2 Å². The minimum Gasteiger partial charge on any atom is -0.362 e. The third kappa shape index (κ3) is 1.69. The van der Waals surface area contributed by atoms with Crippen LogP contribution in [0.15, 0.2) is 30.3 Å². The van der Waals surface area contributed by atoms with Crippen molar-refractivity contribution >= 4 is 5.82 Å². The lowest BCUT2D eigenvalue weighted by Crippen LogP contribution is -2.15. The molecule has 0 aliphatic heterocycles. The molecule has 3 nitrogen and oxygen atoms in total. The highest BCUT2D eigenvalue weighted by atomic mass is 15.4. The van der Waals surface area contributed by atoms with Gasteiger partial charge in [-0.2, -0.15) is 5.10 Å². The first-order valence-corrected chi connectivity index (χ1v) is 5.40. The maximum atomic E-state index is 4.58. The molecule has 1 heterocycles. The molecule has 0 bridgehead atoms. The zero-order valence-corrected chi connectivity index (χ0v) is 10.2. The molecule has 0 amide bonds. The van der Waals surface area contributed by atoms with Crippen molar-refractivity contribution in [3.05, 3.63) is 41.6 Å². The average molecular weight is 215 g/mol. The van der Waals surface area contributed by atoms with Gasteiger partial charge in [0.1, 0.15) is 5.82 Å². The van der Waals surface area contributed by atoms with Crippen molar-refractivity contribution in [1.82, 2.24) is 9.78 Å². The maximum Gasteiger partial charge on any atom is 0.135 e. The number of hydrogen-bond donors (Lipinski definition) is 0. The molecule has 0 aliphatic rings. The van der Waals surface area contributed by atoms with E-state index in [0.29, 0.717) is 0 Å². The predicted molar refractivity (Wildman–Crippen MR) is 67.4 cm³/mol. The van der Waals surface area contributed by atoms with E-state index in [1.54, 1.807) is 0 Å². The summed E-state index contributed by atoms with van der Waals surface area (Å²) >= 11 is 0. The zero-order chi connectivity index (χ0) is 11.7. The van der Waals surface area contributed by atoms with Crippen molar-refractivity contribution < 1.29 is 0 Å². The van der Waals surface area contributed by atoms with Crippen LogP contribution >= 0.6 is 0 Å². The maximum absolute atomic E-state index is 4.58. The van der Waals surface area contributed by atoms with Crippen molar-refractivity contribution in [2.24, 2.45) is 0 Å². The lowest BCUT2D eigenvalue weighted by molar-refractivity contribution is 0.841. The first-order chi connectivity index (χ1) is 7.61. The standard InChI is InChI=1S/C13H17N3/c1-10-11(2)14-16(13(10)15(3)4)12-8-6-5-7-9-12/h5-9H,1-4H3. The fourth-order valence-electron chi connectivity index (χ4n) is 1.87. The molecule has 0 saturated carbocycles. The Morgan fingerprint density at radius 1 is 1.06 bits per heavy atom. The summed E-state index contributed by atoms with van der Waals surface area (Å²) in [4.78, 5) is 2.10. The van der Waals surface area contributed by atoms with E-state index in [4.69, 9.17) is 0 Å². The summed E-state index contributed by atoms with van der Waals surface area (Å²) in [6.07, 6.45) is 0. The van der Waals surface area contributed by atoms with Crippen LogP contribution in [0.5, 0.6) is 0 Å². The highest BCUT2D eigenvalue weighted by molar-refractivity contribution is 5.53. The molecule has 16 heavy (non-hydrogen) atoms. The quantitative estimate of drug-likeness (QED) is 0.767. The molecule has 0 aliphatic carbocycles. The van der Waals surface area contributed by atoms with Crippen molar-refractivity contribution in [3.8, 4) is 5.69 Å². The van der Waals surface area contributed by atoms with Gasteiger partial charge in [0.15, 0.2) is 0 Å². The number of para-hydroxylation sites is 1. The Labute approximate surface area is 96.3 Å². The van der Waals surface area contributed by atoms with Crippen LogP contribution in [0.25, 0.3) is 5.69 Å². The average Bonchev–Trinajstić information content (AvgIpc) is 2.57. The molecule has 0 atom stereocenters. The number of aryl methyl sites for hydroxylation is 1. The predicted octanol–water partition coefficient (Wildman–Crippen LogP) is 2.56. The Bertz CT molecular complexity index is 483. The van der Waals surface area contributed by atoms with Gasteiger partial charge >= 0.3 is 0 Å². The first kappa shape index (κ1) is 10.7. The molecule has 0 saturated heterocycles. The van der Waals surface area contributed by atoms with Gasteiger partial charge in [0.05, 0.1) is 11.4 Å². The van der Waals surface area contributed by atoms with Crippen LogP contribution in [-0.4, -0.2) is 23.9 Å². The van der Waals surface area contributed by atoms with Gasteiger partial charge in [-0.3, -0.25) is 0 Å². The van der Waals surface area contributed by atoms with Crippen LogP contribution in [0.1, 0.15) is 11.3 Å². The summed E-state index contributed by atoms with van der Waals surface area (Å²) < 4.78 is 1.99. The number of rotatable bonds is 2. The van der Waals surface area contributed by atoms with Crippen molar-refractivity contribution in [2.75, 3.05) is 19.0 Å². The molecule has 0 fully saturated rings. The lowest BCUT2D eigenvalue weighted by atomic mass is 10.2. The number of nitrogens with zero attached hydrogens (tertiary/aromatic N) is 3. The topological polar surface area (TPSA) is 21.1 Å². The normalized spacial score (nSPS) is 10.5. The van der Waals surface area contributed by atoms with E-state index in [1.807, 2.05) is 43.9 Å². The molecule has 2 aromatic rings. The van der Waals surface area contributed by atoms with Gasteiger partial charge in [-0.15, -0.1) is 0 Å². The van der Waals surface area contributed by atoms with E-state index in [-0.39, 0.29) is 0 Å². The van der Waals surface area contributed by atoms with Crippen molar-refractivity contribution in [1.29, 1.82) is 0 Å². The summed E-state index contributed by atoms with van der Waals surface area (Å²) in [6.45, 7) is 4.15. The van der Waals surface area contributed by atoms with Gasteiger partial charge in [-0.1, -0.05) is 18.2 Å². The van der Waals surface area contributed by atoms with Crippen LogP contribution in [0.2, 0.25) is 0 Å². The highest BCUT2D eigenvalue weighted by Crippen LogP contribution is 2.24. The van der Waals surface area contributed by atoms with Crippen LogP contribution in [-0.2, 0) is 0 Å². The summed E-state index contributed by atoms with van der Waals surface area (Å²) in [7, 11) is 4.09.